The molecular formula is C24H32N6O2. The van der Waals surface area contributed by atoms with Gasteiger partial charge in [-0.1, -0.05) is 26.0 Å². The van der Waals surface area contributed by atoms with Gasteiger partial charge in [0, 0.05) is 44.6 Å². The van der Waals surface area contributed by atoms with E-state index >= 15 is 0 Å². The van der Waals surface area contributed by atoms with Gasteiger partial charge in [0.25, 0.3) is 5.91 Å². The Balaban J connectivity index is 1.70. The van der Waals surface area contributed by atoms with Gasteiger partial charge in [0.05, 0.1) is 18.5 Å². The van der Waals surface area contributed by atoms with Crippen molar-refractivity contribution < 1.29 is 9.21 Å². The zero-order valence-electron chi connectivity index (χ0n) is 19.4. The molecule has 0 spiro atoms. The molecule has 2 heterocycles. The van der Waals surface area contributed by atoms with Crippen molar-refractivity contribution in [3.05, 3.63) is 71.4 Å². The van der Waals surface area contributed by atoms with Gasteiger partial charge in [0.1, 0.15) is 0 Å². The van der Waals surface area contributed by atoms with Gasteiger partial charge in [-0.3, -0.25) is 9.48 Å². The predicted octanol–water partition coefficient (Wildman–Crippen LogP) is 3.99. The molecule has 8 heteroatoms. The van der Waals surface area contributed by atoms with Crippen molar-refractivity contribution >= 4 is 17.6 Å². The average molecular weight is 437 g/mol. The van der Waals surface area contributed by atoms with E-state index in [1.807, 2.05) is 43.0 Å². The largest absolute Gasteiger partial charge is 0.459 e. The summed E-state index contributed by atoms with van der Waals surface area (Å²) in [6.07, 6.45) is 3.55. The van der Waals surface area contributed by atoms with E-state index in [0.717, 1.165) is 23.8 Å². The van der Waals surface area contributed by atoms with Crippen LogP contribution in [0.1, 0.15) is 54.1 Å². The molecule has 0 bridgehead atoms. The minimum atomic E-state index is -0.277. The molecule has 0 saturated carbocycles. The Morgan fingerprint density at radius 2 is 2.09 bits per heavy atom. The van der Waals surface area contributed by atoms with E-state index in [-0.39, 0.29) is 11.7 Å². The van der Waals surface area contributed by atoms with Crippen LogP contribution in [0.5, 0.6) is 0 Å². The van der Waals surface area contributed by atoms with Crippen molar-refractivity contribution in [1.82, 2.24) is 20.0 Å². The van der Waals surface area contributed by atoms with Gasteiger partial charge in [-0.2, -0.15) is 5.10 Å². The highest BCUT2D eigenvalue weighted by molar-refractivity contribution is 6.02. The van der Waals surface area contributed by atoms with Gasteiger partial charge in [-0.25, -0.2) is 4.99 Å². The summed E-state index contributed by atoms with van der Waals surface area (Å²) >= 11 is 0. The van der Waals surface area contributed by atoms with E-state index in [4.69, 9.17) is 9.41 Å². The van der Waals surface area contributed by atoms with Crippen LogP contribution in [-0.4, -0.2) is 40.1 Å². The summed E-state index contributed by atoms with van der Waals surface area (Å²) in [6.45, 7) is 8.34. The lowest BCUT2D eigenvalue weighted by molar-refractivity contribution is 0.0996. The number of rotatable bonds is 8. The van der Waals surface area contributed by atoms with Crippen LogP contribution in [0.3, 0.4) is 0 Å². The number of amides is 1. The standard InChI is InChI=1S/C24H32N6O2/c1-6-25-24(29(4)15-19-16-30(5)28-22(19)17(2)3)26-14-18-9-7-10-20(13-18)27-23(31)21-11-8-12-32-21/h7-13,16-17H,6,14-15H2,1-5H3,(H,25,26)(H,27,31). The molecule has 0 unspecified atom stereocenters. The number of nitrogens with one attached hydrogen (secondary N) is 2. The van der Waals surface area contributed by atoms with Crippen molar-refractivity contribution in [3.63, 3.8) is 0 Å². The molecule has 32 heavy (non-hydrogen) atoms. The van der Waals surface area contributed by atoms with Crippen LogP contribution in [0, 0.1) is 0 Å². The third-order valence-electron chi connectivity index (χ3n) is 4.93. The predicted molar refractivity (Wildman–Crippen MR) is 127 cm³/mol. The van der Waals surface area contributed by atoms with Gasteiger partial charge in [0.2, 0.25) is 0 Å². The quantitative estimate of drug-likeness (QED) is 0.412. The fourth-order valence-corrected chi connectivity index (χ4v) is 3.48. The maximum Gasteiger partial charge on any atom is 0.291 e. The maximum atomic E-state index is 12.2. The zero-order valence-corrected chi connectivity index (χ0v) is 19.4. The van der Waals surface area contributed by atoms with E-state index in [1.54, 1.807) is 12.1 Å². The van der Waals surface area contributed by atoms with Gasteiger partial charge >= 0.3 is 0 Å². The first-order valence-electron chi connectivity index (χ1n) is 10.8. The molecule has 0 aliphatic carbocycles. The Morgan fingerprint density at radius 3 is 2.78 bits per heavy atom. The molecule has 0 aliphatic heterocycles. The van der Waals surface area contributed by atoms with Crippen molar-refractivity contribution in [2.24, 2.45) is 12.0 Å². The number of aromatic nitrogens is 2. The Morgan fingerprint density at radius 1 is 1.28 bits per heavy atom. The van der Waals surface area contributed by atoms with Crippen molar-refractivity contribution in [1.29, 1.82) is 0 Å². The second-order valence-corrected chi connectivity index (χ2v) is 8.03. The van der Waals surface area contributed by atoms with Crippen molar-refractivity contribution in [3.8, 4) is 0 Å². The third kappa shape index (κ3) is 6.00. The highest BCUT2D eigenvalue weighted by Gasteiger charge is 2.15. The molecule has 2 N–H and O–H groups in total. The molecule has 0 radical (unpaired) electrons. The third-order valence-corrected chi connectivity index (χ3v) is 4.93. The lowest BCUT2D eigenvalue weighted by Gasteiger charge is -2.22. The van der Waals surface area contributed by atoms with Crippen molar-refractivity contribution in [2.45, 2.75) is 39.8 Å². The molecule has 0 saturated heterocycles. The zero-order chi connectivity index (χ0) is 23.1. The number of anilines is 1. The van der Waals surface area contributed by atoms with Crippen LogP contribution in [0.25, 0.3) is 0 Å². The molecule has 0 atom stereocenters. The van der Waals surface area contributed by atoms with E-state index in [0.29, 0.717) is 24.7 Å². The molecule has 2 aromatic heterocycles. The van der Waals surface area contributed by atoms with Crippen LogP contribution >= 0.6 is 0 Å². The molecule has 3 aromatic rings. The number of carbonyl (C=O) groups excluding carboxylic acids is 1. The number of hydrogen-bond donors (Lipinski definition) is 2. The monoisotopic (exact) mass is 436 g/mol. The number of nitrogens with zero attached hydrogens (tertiary/aromatic N) is 4. The number of guanidine groups is 1. The number of benzene rings is 1. The molecule has 0 aliphatic rings. The Labute approximate surface area is 189 Å². The second-order valence-electron chi connectivity index (χ2n) is 8.03. The molecule has 170 valence electrons. The lowest BCUT2D eigenvalue weighted by atomic mass is 10.1. The second kappa shape index (κ2) is 10.7. The summed E-state index contributed by atoms with van der Waals surface area (Å²) in [5.41, 5.74) is 4.00. The number of hydrogen-bond acceptors (Lipinski definition) is 4. The first-order chi connectivity index (χ1) is 15.4. The van der Waals surface area contributed by atoms with Gasteiger partial charge in [-0.05, 0) is 42.7 Å². The number of furan rings is 1. The number of aliphatic imine (C=N–C) groups is 1. The van der Waals surface area contributed by atoms with Gasteiger partial charge in [-0.15, -0.1) is 0 Å². The van der Waals surface area contributed by atoms with Gasteiger partial charge < -0.3 is 20.0 Å². The van der Waals surface area contributed by atoms with Gasteiger partial charge in [0.15, 0.2) is 11.7 Å². The normalized spacial score (nSPS) is 11.6. The van der Waals surface area contributed by atoms with Crippen molar-refractivity contribution in [2.75, 3.05) is 18.9 Å². The van der Waals surface area contributed by atoms with Crippen LogP contribution in [-0.2, 0) is 20.1 Å². The summed E-state index contributed by atoms with van der Waals surface area (Å²) < 4.78 is 7.02. The Bertz CT molecular complexity index is 1050. The topological polar surface area (TPSA) is 87.7 Å². The summed E-state index contributed by atoms with van der Waals surface area (Å²) in [4.78, 5) is 19.1. The molecule has 0 fully saturated rings. The van der Waals surface area contributed by atoms with E-state index in [1.165, 1.54) is 11.8 Å². The molecule has 8 nitrogen and oxygen atoms in total. The fourth-order valence-electron chi connectivity index (χ4n) is 3.48. The van der Waals surface area contributed by atoms with Crippen LogP contribution in [0.2, 0.25) is 0 Å². The smallest absolute Gasteiger partial charge is 0.291 e. The highest BCUT2D eigenvalue weighted by Crippen LogP contribution is 2.19. The van der Waals surface area contributed by atoms with Crippen LogP contribution < -0.4 is 10.6 Å². The number of carbonyl (C=O) groups is 1. The summed E-state index contributed by atoms with van der Waals surface area (Å²) in [6, 6.07) is 11.0. The highest BCUT2D eigenvalue weighted by atomic mass is 16.3. The first-order valence-corrected chi connectivity index (χ1v) is 10.8. The van der Waals surface area contributed by atoms with E-state index in [9.17, 15) is 4.79 Å². The SMILES string of the molecule is CCNC(=NCc1cccc(NC(=O)c2ccco2)c1)N(C)Cc1cn(C)nc1C(C)C. The Hall–Kier alpha value is -3.55. The van der Waals surface area contributed by atoms with E-state index < -0.39 is 0 Å². The lowest BCUT2D eigenvalue weighted by Crippen LogP contribution is -2.38. The first kappa shape index (κ1) is 23.1. The van der Waals surface area contributed by atoms with Crippen LogP contribution in [0.4, 0.5) is 5.69 Å². The Kier molecular flexibility index (Phi) is 7.70. The summed E-state index contributed by atoms with van der Waals surface area (Å²) in [5.74, 6) is 1.18. The molecular weight excluding hydrogens is 404 g/mol. The molecule has 1 aromatic carbocycles. The molecule has 1 amide bonds. The minimum Gasteiger partial charge on any atom is -0.459 e. The minimum absolute atomic E-state index is 0.277. The van der Waals surface area contributed by atoms with Crippen LogP contribution in [0.15, 0.2) is 58.3 Å². The average Bonchev–Trinajstić information content (AvgIpc) is 3.41. The summed E-state index contributed by atoms with van der Waals surface area (Å²) in [5, 5.41) is 10.8. The number of aryl methyl sites for hydroxylation is 1. The summed E-state index contributed by atoms with van der Waals surface area (Å²) in [7, 11) is 3.98. The molecule has 3 rings (SSSR count). The maximum absolute atomic E-state index is 12.2. The fraction of sp³-hybridized carbons (Fsp3) is 0.375. The van der Waals surface area contributed by atoms with E-state index in [2.05, 4.69) is 47.6 Å².